The Kier molecular flexibility index (Phi) is 10.2. The van der Waals surface area contributed by atoms with Crippen LogP contribution in [-0.4, -0.2) is 21.8 Å². The molecular weight excluding hydrogens is 557 g/mol. The summed E-state index contributed by atoms with van der Waals surface area (Å²) in [6, 6.07) is 26.1. The number of carboxylic acids is 1. The first kappa shape index (κ1) is 29.8. The number of nitrogens with zero attached hydrogens (tertiary/aromatic N) is 1. The lowest BCUT2D eigenvalue weighted by atomic mass is 9.92. The molecule has 4 rings (SSSR count). The van der Waals surface area contributed by atoms with Crippen molar-refractivity contribution in [2.45, 2.75) is 33.1 Å². The van der Waals surface area contributed by atoms with Crippen molar-refractivity contribution in [2.75, 3.05) is 10.6 Å². The maximum Gasteiger partial charge on any atom is 0.306 e. The van der Waals surface area contributed by atoms with Gasteiger partial charge in [-0.15, -0.1) is 0 Å². The Morgan fingerprint density at radius 1 is 0.927 bits per heavy atom. The number of rotatable bonds is 12. The van der Waals surface area contributed by atoms with Gasteiger partial charge in [0.25, 0.3) is 0 Å². The van der Waals surface area contributed by atoms with E-state index in [0.717, 1.165) is 22.4 Å². The van der Waals surface area contributed by atoms with Gasteiger partial charge in [0, 0.05) is 23.2 Å². The molecule has 6 nitrogen and oxygen atoms in total. The highest BCUT2D eigenvalue weighted by atomic mass is 35.5. The molecule has 0 radical (unpaired) electrons. The second kappa shape index (κ2) is 14.0. The lowest BCUT2D eigenvalue weighted by Crippen LogP contribution is -2.19. The van der Waals surface area contributed by atoms with Crippen LogP contribution in [-0.2, 0) is 11.2 Å². The van der Waals surface area contributed by atoms with Crippen molar-refractivity contribution < 1.29 is 14.7 Å². The van der Waals surface area contributed by atoms with Crippen molar-refractivity contribution in [3.63, 3.8) is 0 Å². The normalized spacial score (nSPS) is 12.0. The molecule has 1 atom stereocenters. The third-order valence-corrected chi connectivity index (χ3v) is 7.60. The summed E-state index contributed by atoms with van der Waals surface area (Å²) < 4.78 is 0. The number of carboxylic acid groups (broad SMARTS) is 1. The minimum Gasteiger partial charge on any atom is -0.481 e. The van der Waals surface area contributed by atoms with Crippen LogP contribution >= 0.6 is 23.2 Å². The molecule has 8 heteroatoms. The quantitative estimate of drug-likeness (QED) is 0.144. The predicted molar refractivity (Wildman–Crippen MR) is 167 cm³/mol. The van der Waals surface area contributed by atoms with Crippen molar-refractivity contribution >= 4 is 46.5 Å². The highest BCUT2D eigenvalue weighted by Crippen LogP contribution is 2.31. The average Bonchev–Trinajstić information content (AvgIpc) is 2.97. The molecule has 0 amide bonds. The standard InChI is InChI=1S/C33H31Cl2N3O3/c1-3-30(37-28-11-7-10-27(34)32(28)35)38-31-19-18-26(21(2)36-31)23-14-16-24(17-15-23)29(39)20-25(33(40)41)13-12-22-8-5-4-6-9-22/h3-11,14-19,25,37H,12-13,20H2,1-2H3,(H,36,38)(H,40,41)/b30-3-. The van der Waals surface area contributed by atoms with Crippen LogP contribution in [0.1, 0.15) is 41.4 Å². The first-order valence-electron chi connectivity index (χ1n) is 13.3. The number of carbonyl (C=O) groups is 2. The van der Waals surface area contributed by atoms with Crippen LogP contribution in [0.15, 0.2) is 96.8 Å². The van der Waals surface area contributed by atoms with E-state index in [9.17, 15) is 14.7 Å². The number of allylic oxidation sites excluding steroid dienone is 1. The molecular formula is C33H31Cl2N3O3. The molecule has 3 N–H and O–H groups in total. The van der Waals surface area contributed by atoms with Gasteiger partial charge in [0.05, 0.1) is 21.7 Å². The molecule has 0 spiro atoms. The number of pyridine rings is 1. The van der Waals surface area contributed by atoms with Gasteiger partial charge in [-0.1, -0.05) is 83.9 Å². The molecule has 1 aromatic heterocycles. The van der Waals surface area contributed by atoms with E-state index in [0.29, 0.717) is 45.8 Å². The van der Waals surface area contributed by atoms with Crippen molar-refractivity contribution in [3.8, 4) is 11.1 Å². The van der Waals surface area contributed by atoms with Crippen LogP contribution in [0.4, 0.5) is 11.5 Å². The summed E-state index contributed by atoms with van der Waals surface area (Å²) in [5.74, 6) is -0.529. The number of Topliss-reactive ketones (excluding diaryl/α,β-unsaturated/α-hetero) is 1. The van der Waals surface area contributed by atoms with Crippen LogP contribution < -0.4 is 10.6 Å². The number of ketones is 1. The molecule has 41 heavy (non-hydrogen) atoms. The molecule has 0 bridgehead atoms. The van der Waals surface area contributed by atoms with Crippen LogP contribution in [0.5, 0.6) is 0 Å². The van der Waals surface area contributed by atoms with Crippen molar-refractivity contribution in [3.05, 3.63) is 124 Å². The lowest BCUT2D eigenvalue weighted by molar-refractivity contribution is -0.141. The molecule has 0 fully saturated rings. The van der Waals surface area contributed by atoms with Gasteiger partial charge < -0.3 is 15.7 Å². The van der Waals surface area contributed by atoms with Gasteiger partial charge in [0.1, 0.15) is 11.6 Å². The van der Waals surface area contributed by atoms with Crippen LogP contribution in [0, 0.1) is 12.8 Å². The number of nitrogens with one attached hydrogen (secondary N) is 2. The summed E-state index contributed by atoms with van der Waals surface area (Å²) in [6.07, 6.45) is 2.85. The summed E-state index contributed by atoms with van der Waals surface area (Å²) in [6.45, 7) is 3.81. The second-order valence-electron chi connectivity index (χ2n) is 9.65. The number of halogens is 2. The fraction of sp³-hybridized carbons (Fsp3) is 0.182. The van der Waals surface area contributed by atoms with Gasteiger partial charge in [-0.25, -0.2) is 4.98 Å². The number of aliphatic carboxylic acids is 1. The summed E-state index contributed by atoms with van der Waals surface area (Å²) in [5, 5.41) is 17.1. The molecule has 4 aromatic rings. The van der Waals surface area contributed by atoms with E-state index in [4.69, 9.17) is 28.2 Å². The number of hydrogen-bond acceptors (Lipinski definition) is 5. The third-order valence-electron chi connectivity index (χ3n) is 6.78. The third kappa shape index (κ3) is 7.97. The lowest BCUT2D eigenvalue weighted by Gasteiger charge is -2.16. The van der Waals surface area contributed by atoms with E-state index in [2.05, 4.69) is 10.6 Å². The maximum absolute atomic E-state index is 12.9. The Balaban J connectivity index is 1.40. The molecule has 1 heterocycles. The minimum absolute atomic E-state index is 0.0375. The van der Waals surface area contributed by atoms with E-state index in [1.165, 1.54) is 0 Å². The molecule has 3 aromatic carbocycles. The van der Waals surface area contributed by atoms with E-state index >= 15 is 0 Å². The van der Waals surface area contributed by atoms with E-state index in [-0.39, 0.29) is 12.2 Å². The number of benzene rings is 3. The van der Waals surface area contributed by atoms with Crippen molar-refractivity contribution in [1.82, 2.24) is 4.98 Å². The van der Waals surface area contributed by atoms with Gasteiger partial charge in [-0.3, -0.25) is 9.59 Å². The van der Waals surface area contributed by atoms with Crippen molar-refractivity contribution in [1.29, 1.82) is 0 Å². The summed E-state index contributed by atoms with van der Waals surface area (Å²) in [5.41, 5.74) is 4.86. The smallest absolute Gasteiger partial charge is 0.306 e. The number of aromatic nitrogens is 1. The van der Waals surface area contributed by atoms with Gasteiger partial charge >= 0.3 is 5.97 Å². The van der Waals surface area contributed by atoms with Crippen LogP contribution in [0.2, 0.25) is 10.0 Å². The summed E-state index contributed by atoms with van der Waals surface area (Å²) in [4.78, 5) is 29.4. The molecule has 1 unspecified atom stereocenters. The largest absolute Gasteiger partial charge is 0.481 e. The predicted octanol–water partition coefficient (Wildman–Crippen LogP) is 8.66. The zero-order valence-corrected chi connectivity index (χ0v) is 24.3. The second-order valence-corrected chi connectivity index (χ2v) is 10.4. The first-order valence-corrected chi connectivity index (χ1v) is 14.0. The van der Waals surface area contributed by atoms with E-state index in [1.807, 2.05) is 86.7 Å². The monoisotopic (exact) mass is 587 g/mol. The number of carbonyl (C=O) groups excluding carboxylic acids is 1. The van der Waals surface area contributed by atoms with Gasteiger partial charge in [0.15, 0.2) is 5.78 Å². The Morgan fingerprint density at radius 3 is 2.32 bits per heavy atom. The molecule has 210 valence electrons. The molecule has 0 saturated heterocycles. The summed E-state index contributed by atoms with van der Waals surface area (Å²) in [7, 11) is 0. The SMILES string of the molecule is C/C=C(\Nc1ccc(-c2ccc(C(=O)CC(CCc3ccccc3)C(=O)O)cc2)c(C)n1)Nc1cccc(Cl)c1Cl. The van der Waals surface area contributed by atoms with Gasteiger partial charge in [-0.2, -0.15) is 0 Å². The van der Waals surface area contributed by atoms with Crippen molar-refractivity contribution in [2.24, 2.45) is 5.92 Å². The number of hydrogen-bond donors (Lipinski definition) is 3. The number of aryl methyl sites for hydroxylation is 2. The number of anilines is 2. The van der Waals surface area contributed by atoms with E-state index in [1.54, 1.807) is 18.2 Å². The fourth-order valence-corrected chi connectivity index (χ4v) is 4.82. The maximum atomic E-state index is 12.9. The van der Waals surface area contributed by atoms with Gasteiger partial charge in [0.2, 0.25) is 0 Å². The Morgan fingerprint density at radius 2 is 1.66 bits per heavy atom. The zero-order chi connectivity index (χ0) is 29.4. The topological polar surface area (TPSA) is 91.3 Å². The summed E-state index contributed by atoms with van der Waals surface area (Å²) >= 11 is 12.4. The molecule has 0 aliphatic carbocycles. The first-order chi connectivity index (χ1) is 19.7. The van der Waals surface area contributed by atoms with E-state index < -0.39 is 11.9 Å². The minimum atomic E-state index is -0.951. The zero-order valence-electron chi connectivity index (χ0n) is 22.8. The molecule has 0 saturated carbocycles. The highest BCUT2D eigenvalue weighted by Gasteiger charge is 2.22. The Labute approximate surface area is 250 Å². The molecule has 0 aliphatic heterocycles. The highest BCUT2D eigenvalue weighted by molar-refractivity contribution is 6.43. The van der Waals surface area contributed by atoms with Gasteiger partial charge in [-0.05, 0) is 68.2 Å². The fourth-order valence-electron chi connectivity index (χ4n) is 4.47. The Bertz CT molecular complexity index is 1550. The molecule has 0 aliphatic rings. The Hall–Kier alpha value is -4.13. The van der Waals surface area contributed by atoms with Crippen LogP contribution in [0.3, 0.4) is 0 Å². The van der Waals surface area contributed by atoms with Crippen LogP contribution in [0.25, 0.3) is 11.1 Å². The average molecular weight is 589 g/mol.